The fourth-order valence-corrected chi connectivity index (χ4v) is 3.32. The van der Waals surface area contributed by atoms with E-state index in [0.29, 0.717) is 6.54 Å². The lowest BCUT2D eigenvalue weighted by atomic mass is 10.2. The van der Waals surface area contributed by atoms with Gasteiger partial charge in [0.25, 0.3) is 5.91 Å². The molecule has 1 rings (SSSR count). The molecule has 1 amide bonds. The van der Waals surface area contributed by atoms with Crippen LogP contribution in [0.1, 0.15) is 44.5 Å². The molecule has 7 nitrogen and oxygen atoms in total. The largest absolute Gasteiger partial charge is 0.449 e. The highest BCUT2D eigenvalue weighted by Crippen LogP contribution is 2.18. The molecule has 0 bridgehead atoms. The van der Waals surface area contributed by atoms with E-state index in [-0.39, 0.29) is 16.5 Å². The Kier molecular flexibility index (Phi) is 7.57. The van der Waals surface area contributed by atoms with E-state index < -0.39 is 28.0 Å². The Balaban J connectivity index is 2.94. The highest BCUT2D eigenvalue weighted by Gasteiger charge is 2.25. The first-order valence-electron chi connectivity index (χ1n) is 8.18. The molecule has 1 N–H and O–H groups in total. The Morgan fingerprint density at radius 2 is 1.88 bits per heavy atom. The molecule has 1 aromatic rings. The Morgan fingerprint density at radius 3 is 2.44 bits per heavy atom. The Hall–Kier alpha value is -1.93. The summed E-state index contributed by atoms with van der Waals surface area (Å²) >= 11 is 0. The van der Waals surface area contributed by atoms with Crippen LogP contribution < -0.4 is 5.32 Å². The van der Waals surface area contributed by atoms with Crippen LogP contribution in [-0.4, -0.2) is 50.3 Å². The molecule has 0 aromatic heterocycles. The van der Waals surface area contributed by atoms with Gasteiger partial charge < -0.3 is 10.1 Å². The lowest BCUT2D eigenvalue weighted by molar-refractivity contribution is -0.129. The normalized spacial score (nSPS) is 12.9. The predicted molar refractivity (Wildman–Crippen MR) is 94.7 cm³/mol. The summed E-state index contributed by atoms with van der Waals surface area (Å²) in [6, 6.07) is 5.38. The van der Waals surface area contributed by atoms with Crippen molar-refractivity contribution in [3.8, 4) is 0 Å². The Labute approximate surface area is 149 Å². The summed E-state index contributed by atoms with van der Waals surface area (Å²) in [5.41, 5.74) is 0.0772. The fourth-order valence-electron chi connectivity index (χ4n) is 1.90. The van der Waals surface area contributed by atoms with E-state index in [1.807, 2.05) is 6.92 Å². The molecule has 0 aliphatic rings. The molecule has 0 fully saturated rings. The van der Waals surface area contributed by atoms with Crippen molar-refractivity contribution in [3.63, 3.8) is 0 Å². The van der Waals surface area contributed by atoms with Gasteiger partial charge in [0.2, 0.25) is 10.0 Å². The number of nitrogens with zero attached hydrogens (tertiary/aromatic N) is 1. The van der Waals surface area contributed by atoms with Crippen LogP contribution in [0.2, 0.25) is 0 Å². The van der Waals surface area contributed by atoms with Gasteiger partial charge in [0, 0.05) is 19.6 Å². The van der Waals surface area contributed by atoms with Crippen LogP contribution >= 0.6 is 0 Å². The first-order chi connectivity index (χ1) is 11.6. The second kappa shape index (κ2) is 8.96. The maximum absolute atomic E-state index is 12.5. The number of hydrogen-bond donors (Lipinski definition) is 1. The van der Waals surface area contributed by atoms with Gasteiger partial charge in [-0.2, -0.15) is 4.31 Å². The van der Waals surface area contributed by atoms with Gasteiger partial charge in [-0.15, -0.1) is 0 Å². The standard InChI is InChI=1S/C17H26N2O5S/c1-6-10-18-16(20)13(4)24-17(21)14-8-7-9-15(11-14)25(22,23)19(5)12(2)3/h7-9,11-13H,6,10H2,1-5H3,(H,18,20)/t13-/m1/s1. The number of amides is 1. The maximum atomic E-state index is 12.5. The van der Waals surface area contributed by atoms with Crippen LogP contribution in [0.5, 0.6) is 0 Å². The molecule has 0 saturated carbocycles. The maximum Gasteiger partial charge on any atom is 0.338 e. The fraction of sp³-hybridized carbons (Fsp3) is 0.529. The third kappa shape index (κ3) is 5.54. The number of nitrogens with one attached hydrogen (secondary N) is 1. The number of sulfonamides is 1. The summed E-state index contributed by atoms with van der Waals surface area (Å²) in [6.45, 7) is 7.39. The minimum atomic E-state index is -3.70. The monoisotopic (exact) mass is 370 g/mol. The van der Waals surface area contributed by atoms with Crippen molar-refractivity contribution in [2.45, 2.75) is 51.2 Å². The van der Waals surface area contributed by atoms with Crippen molar-refractivity contribution < 1.29 is 22.7 Å². The van der Waals surface area contributed by atoms with Crippen molar-refractivity contribution in [1.29, 1.82) is 0 Å². The van der Waals surface area contributed by atoms with Crippen LogP contribution in [0, 0.1) is 0 Å². The molecule has 0 aliphatic carbocycles. The molecule has 25 heavy (non-hydrogen) atoms. The number of esters is 1. The highest BCUT2D eigenvalue weighted by molar-refractivity contribution is 7.89. The summed E-state index contributed by atoms with van der Waals surface area (Å²) < 4.78 is 31.3. The van der Waals surface area contributed by atoms with Crippen molar-refractivity contribution >= 4 is 21.9 Å². The molecule has 140 valence electrons. The Morgan fingerprint density at radius 1 is 1.24 bits per heavy atom. The summed E-state index contributed by atoms with van der Waals surface area (Å²) in [5, 5.41) is 2.63. The van der Waals surface area contributed by atoms with Crippen LogP contribution in [0.15, 0.2) is 29.2 Å². The molecular weight excluding hydrogens is 344 g/mol. The lowest BCUT2D eigenvalue weighted by Crippen LogP contribution is -2.36. The lowest BCUT2D eigenvalue weighted by Gasteiger charge is -2.21. The van der Waals surface area contributed by atoms with Crippen LogP contribution in [0.3, 0.4) is 0 Å². The number of benzene rings is 1. The average Bonchev–Trinajstić information content (AvgIpc) is 2.58. The molecule has 8 heteroatoms. The molecule has 1 atom stereocenters. The first kappa shape index (κ1) is 21.1. The van der Waals surface area contributed by atoms with Gasteiger partial charge in [0.1, 0.15) is 0 Å². The molecule has 0 saturated heterocycles. The second-order valence-corrected chi connectivity index (χ2v) is 7.98. The van der Waals surface area contributed by atoms with Gasteiger partial charge in [0.15, 0.2) is 6.10 Å². The summed E-state index contributed by atoms with van der Waals surface area (Å²) in [4.78, 5) is 24.0. The summed E-state index contributed by atoms with van der Waals surface area (Å²) in [5.74, 6) is -1.14. The van der Waals surface area contributed by atoms with Crippen molar-refractivity contribution in [3.05, 3.63) is 29.8 Å². The molecule has 0 heterocycles. The summed E-state index contributed by atoms with van der Waals surface area (Å²) in [6.07, 6.45) is -0.187. The molecule has 1 aromatic carbocycles. The third-order valence-electron chi connectivity index (χ3n) is 3.68. The van der Waals surface area contributed by atoms with Gasteiger partial charge in [-0.3, -0.25) is 4.79 Å². The predicted octanol–water partition coefficient (Wildman–Crippen LogP) is 1.79. The van der Waals surface area contributed by atoms with E-state index in [1.165, 1.54) is 42.5 Å². The van der Waals surface area contributed by atoms with Gasteiger partial charge in [-0.25, -0.2) is 13.2 Å². The molecule has 0 spiro atoms. The number of carbonyl (C=O) groups is 2. The molecular formula is C17H26N2O5S. The van der Waals surface area contributed by atoms with E-state index in [4.69, 9.17) is 4.74 Å². The molecule has 0 aliphatic heterocycles. The third-order valence-corrected chi connectivity index (χ3v) is 5.71. The summed E-state index contributed by atoms with van der Waals surface area (Å²) in [7, 11) is -2.23. The first-order valence-corrected chi connectivity index (χ1v) is 9.62. The smallest absolute Gasteiger partial charge is 0.338 e. The topological polar surface area (TPSA) is 92.8 Å². The zero-order valence-electron chi connectivity index (χ0n) is 15.3. The number of rotatable bonds is 8. The zero-order valence-corrected chi connectivity index (χ0v) is 16.1. The minimum absolute atomic E-state index is 0.00115. The van der Waals surface area contributed by atoms with E-state index in [2.05, 4.69) is 5.32 Å². The number of hydrogen-bond acceptors (Lipinski definition) is 5. The second-order valence-electron chi connectivity index (χ2n) is 5.98. The Bertz CT molecular complexity index is 716. The van der Waals surface area contributed by atoms with E-state index in [1.54, 1.807) is 13.8 Å². The van der Waals surface area contributed by atoms with Crippen LogP contribution in [-0.2, 0) is 19.6 Å². The van der Waals surface area contributed by atoms with Gasteiger partial charge in [0.05, 0.1) is 10.5 Å². The van der Waals surface area contributed by atoms with Crippen molar-refractivity contribution in [1.82, 2.24) is 9.62 Å². The van der Waals surface area contributed by atoms with Gasteiger partial charge in [-0.05, 0) is 45.4 Å². The quantitative estimate of drug-likeness (QED) is 0.704. The van der Waals surface area contributed by atoms with E-state index in [9.17, 15) is 18.0 Å². The zero-order chi connectivity index (χ0) is 19.2. The van der Waals surface area contributed by atoms with E-state index >= 15 is 0 Å². The number of ether oxygens (including phenoxy) is 1. The minimum Gasteiger partial charge on any atom is -0.449 e. The van der Waals surface area contributed by atoms with E-state index in [0.717, 1.165) is 6.42 Å². The van der Waals surface area contributed by atoms with Crippen molar-refractivity contribution in [2.75, 3.05) is 13.6 Å². The number of carbonyl (C=O) groups excluding carboxylic acids is 2. The SMILES string of the molecule is CCCNC(=O)[C@@H](C)OC(=O)c1cccc(S(=O)(=O)N(C)C(C)C)c1. The average molecular weight is 370 g/mol. The highest BCUT2D eigenvalue weighted by atomic mass is 32.2. The molecule has 0 radical (unpaired) electrons. The van der Waals surface area contributed by atoms with Gasteiger partial charge in [-0.1, -0.05) is 13.0 Å². The van der Waals surface area contributed by atoms with Gasteiger partial charge >= 0.3 is 5.97 Å². The molecule has 0 unspecified atom stereocenters. The van der Waals surface area contributed by atoms with Crippen LogP contribution in [0.25, 0.3) is 0 Å². The van der Waals surface area contributed by atoms with Crippen LogP contribution in [0.4, 0.5) is 0 Å². The van der Waals surface area contributed by atoms with Crippen molar-refractivity contribution in [2.24, 2.45) is 0 Å².